The van der Waals surface area contributed by atoms with Gasteiger partial charge in [0.25, 0.3) is 7.82 Å². The molecule has 3 rings (SSSR count). The molecule has 0 aromatic carbocycles. The van der Waals surface area contributed by atoms with Crippen LogP contribution in [0.15, 0.2) is 0 Å². The molecule has 0 radical (unpaired) electrons. The first-order valence-corrected chi connectivity index (χ1v) is 12.5. The second kappa shape index (κ2) is 13.1. The van der Waals surface area contributed by atoms with E-state index in [2.05, 4.69) is 0 Å². The predicted octanol–water partition coefficient (Wildman–Crippen LogP) is -6.47. The van der Waals surface area contributed by atoms with Gasteiger partial charge in [-0.15, -0.1) is 0 Å². The maximum atomic E-state index is 12.5. The first kappa shape index (κ1) is 33.8. The number of phosphoric acid groups is 1. The molecule has 0 aromatic rings. The number of aliphatic hydroxyl groups is 5. The Morgan fingerprint density at radius 3 is 1.89 bits per heavy atom. The first-order valence-electron chi connectivity index (χ1n) is 11.0. The molecular formula is C19H34NaO16P. The van der Waals surface area contributed by atoms with Crippen molar-refractivity contribution in [3.8, 4) is 0 Å². The topological polar surface area (TPSA) is 224 Å². The fraction of sp³-hybridized carbons (Fsp3) is 1.00. The second-order valence-electron chi connectivity index (χ2n) is 8.78. The summed E-state index contributed by atoms with van der Waals surface area (Å²) in [6, 6.07) is 0. The summed E-state index contributed by atoms with van der Waals surface area (Å²) in [7, 11) is -1.31. The molecule has 37 heavy (non-hydrogen) atoms. The van der Waals surface area contributed by atoms with Crippen molar-refractivity contribution in [3.63, 3.8) is 0 Å². The Bertz CT molecular complexity index is 793. The summed E-state index contributed by atoms with van der Waals surface area (Å²) >= 11 is 0. The standard InChI is InChI=1S/C19H35O16P.Na/c1-18(28-4)19(2,29-5)34-15-13(24)16(27-3)32-9(14(15)33-18)7-30-36(25,26)35-17-12(23)11(22)10(21)8(6-20)31-17;/h8-17,20-24H,6-7H2,1-5H3,(H,25,26);/q;+1/p-1/t8-,9-,10-,11+,12+,13+,14-,15-,16+,17-,18+,19+;/m1./s1. The molecule has 3 fully saturated rings. The Morgan fingerprint density at radius 2 is 1.38 bits per heavy atom. The van der Waals surface area contributed by atoms with Crippen molar-refractivity contribution < 1.29 is 107 Å². The molecule has 3 heterocycles. The van der Waals surface area contributed by atoms with Gasteiger partial charge in [-0.1, -0.05) is 0 Å². The zero-order valence-electron chi connectivity index (χ0n) is 21.4. The van der Waals surface area contributed by atoms with Gasteiger partial charge in [0, 0.05) is 21.3 Å². The molecule has 212 valence electrons. The molecule has 0 aromatic heterocycles. The quantitative estimate of drug-likeness (QED) is 0.128. The molecule has 3 aliphatic rings. The Labute approximate surface area is 235 Å². The van der Waals surface area contributed by atoms with Gasteiger partial charge < -0.3 is 68.1 Å². The van der Waals surface area contributed by atoms with Gasteiger partial charge in [-0.25, -0.2) is 0 Å². The molecule has 13 atom stereocenters. The largest absolute Gasteiger partial charge is 1.00 e. The van der Waals surface area contributed by atoms with Crippen molar-refractivity contribution in [2.45, 2.75) is 86.8 Å². The zero-order valence-corrected chi connectivity index (χ0v) is 24.3. The summed E-state index contributed by atoms with van der Waals surface area (Å²) in [5.41, 5.74) is 0. The summed E-state index contributed by atoms with van der Waals surface area (Å²) in [5, 5.41) is 49.6. The molecule has 0 amide bonds. The van der Waals surface area contributed by atoms with Crippen molar-refractivity contribution in [1.82, 2.24) is 0 Å². The van der Waals surface area contributed by atoms with Crippen LogP contribution in [-0.4, -0.2) is 133 Å². The Balaban J connectivity index is 0.00000481. The van der Waals surface area contributed by atoms with Crippen LogP contribution in [0.25, 0.3) is 0 Å². The molecule has 0 bridgehead atoms. The Kier molecular flexibility index (Phi) is 12.0. The normalized spacial score (nSPS) is 48.0. The van der Waals surface area contributed by atoms with Crippen molar-refractivity contribution >= 4 is 7.82 Å². The average Bonchev–Trinajstić information content (AvgIpc) is 2.85. The number of rotatable bonds is 9. The summed E-state index contributed by atoms with van der Waals surface area (Å²) in [6.07, 6.45) is -15.0. The maximum Gasteiger partial charge on any atom is 1.00 e. The molecule has 16 nitrogen and oxygen atoms in total. The van der Waals surface area contributed by atoms with E-state index < -0.39 is 94.0 Å². The predicted molar refractivity (Wildman–Crippen MR) is 111 cm³/mol. The molecule has 1 unspecified atom stereocenters. The number of ether oxygens (including phenoxy) is 7. The van der Waals surface area contributed by atoms with Gasteiger partial charge in [0.1, 0.15) is 48.8 Å². The van der Waals surface area contributed by atoms with E-state index in [-0.39, 0.29) is 29.6 Å². The number of fused-ring (bicyclic) bond motifs is 1. The number of phosphoric ester groups is 1. The molecular weight excluding hydrogens is 538 g/mol. The molecule has 5 N–H and O–H groups in total. The molecule has 18 heteroatoms. The van der Waals surface area contributed by atoms with Crippen molar-refractivity contribution in [2.75, 3.05) is 34.5 Å². The van der Waals surface area contributed by atoms with Crippen LogP contribution in [0.5, 0.6) is 0 Å². The van der Waals surface area contributed by atoms with Gasteiger partial charge in [-0.3, -0.25) is 9.09 Å². The minimum atomic E-state index is -5.25. The van der Waals surface area contributed by atoms with Crippen LogP contribution >= 0.6 is 7.82 Å². The third-order valence-electron chi connectivity index (χ3n) is 6.65. The monoisotopic (exact) mass is 572 g/mol. The Hall–Kier alpha value is 0.630. The van der Waals surface area contributed by atoms with E-state index >= 15 is 0 Å². The van der Waals surface area contributed by atoms with E-state index in [4.69, 9.17) is 42.2 Å². The number of hydrogen-bond donors (Lipinski definition) is 5. The van der Waals surface area contributed by atoms with Crippen LogP contribution in [0.2, 0.25) is 0 Å². The smallest absolute Gasteiger partial charge is 0.756 e. The van der Waals surface area contributed by atoms with E-state index in [0.717, 1.165) is 0 Å². The fourth-order valence-electron chi connectivity index (χ4n) is 4.18. The average molecular weight is 572 g/mol. The molecule has 0 aliphatic carbocycles. The van der Waals surface area contributed by atoms with Gasteiger partial charge in [0.15, 0.2) is 12.6 Å². The van der Waals surface area contributed by atoms with Gasteiger partial charge in [-0.2, -0.15) is 0 Å². The molecule has 0 saturated carbocycles. The van der Waals surface area contributed by atoms with E-state index in [1.807, 2.05) is 0 Å². The van der Waals surface area contributed by atoms with Crippen LogP contribution in [0.4, 0.5) is 0 Å². The minimum absolute atomic E-state index is 0. The van der Waals surface area contributed by atoms with Crippen LogP contribution < -0.4 is 34.5 Å². The number of methoxy groups -OCH3 is 3. The summed E-state index contributed by atoms with van der Waals surface area (Å²) in [6.45, 7) is 1.53. The summed E-state index contributed by atoms with van der Waals surface area (Å²) < 4.78 is 60.8. The summed E-state index contributed by atoms with van der Waals surface area (Å²) in [5.74, 6) is -3.00. The Morgan fingerprint density at radius 1 is 0.838 bits per heavy atom. The van der Waals surface area contributed by atoms with Gasteiger partial charge in [0.2, 0.25) is 11.6 Å². The number of hydrogen-bond acceptors (Lipinski definition) is 16. The van der Waals surface area contributed by atoms with Gasteiger partial charge in [-0.05, 0) is 13.8 Å². The fourth-order valence-corrected chi connectivity index (χ4v) is 5.00. The maximum absolute atomic E-state index is 12.5. The van der Waals surface area contributed by atoms with Gasteiger partial charge >= 0.3 is 29.6 Å². The SMILES string of the molecule is CO[C@H]1O[C@H](COP(=O)([O-])O[C@H]2O[C@H](CO)[C@@H](O)[C@H](O)[C@@H]2O)[C@H]2O[C@](C)(OC)[C@@](C)(OC)O[C@@H]2[C@@H]1O.[Na+]. The first-order chi connectivity index (χ1) is 16.8. The molecule has 3 aliphatic heterocycles. The second-order valence-corrected chi connectivity index (χ2v) is 10.1. The zero-order chi connectivity index (χ0) is 27.1. The summed E-state index contributed by atoms with van der Waals surface area (Å²) in [4.78, 5) is 12.5. The number of aliphatic hydroxyl groups excluding tert-OH is 5. The van der Waals surface area contributed by atoms with Crippen LogP contribution in [0.1, 0.15) is 13.8 Å². The van der Waals surface area contributed by atoms with Crippen LogP contribution in [0.3, 0.4) is 0 Å². The third kappa shape index (κ3) is 6.76. The van der Waals surface area contributed by atoms with Gasteiger partial charge in [0.05, 0.1) is 13.2 Å². The molecule has 0 spiro atoms. The van der Waals surface area contributed by atoms with Crippen LogP contribution in [0, 0.1) is 0 Å². The van der Waals surface area contributed by atoms with E-state index in [0.29, 0.717) is 0 Å². The van der Waals surface area contributed by atoms with E-state index in [1.54, 1.807) is 0 Å². The van der Waals surface area contributed by atoms with Crippen molar-refractivity contribution in [3.05, 3.63) is 0 Å². The van der Waals surface area contributed by atoms with E-state index in [1.165, 1.54) is 35.2 Å². The van der Waals surface area contributed by atoms with Crippen molar-refractivity contribution in [2.24, 2.45) is 0 Å². The van der Waals surface area contributed by atoms with Crippen molar-refractivity contribution in [1.29, 1.82) is 0 Å². The minimum Gasteiger partial charge on any atom is -0.756 e. The van der Waals surface area contributed by atoms with Crippen LogP contribution in [-0.2, 0) is 46.8 Å². The third-order valence-corrected chi connectivity index (χ3v) is 7.58. The molecule has 3 saturated heterocycles. The van der Waals surface area contributed by atoms with E-state index in [9.17, 15) is 35.0 Å².